The van der Waals surface area contributed by atoms with Gasteiger partial charge in [-0.1, -0.05) is 12.2 Å². The van der Waals surface area contributed by atoms with Crippen LogP contribution in [-0.4, -0.2) is 11.1 Å². The average Bonchev–Trinajstić information content (AvgIpc) is 1.90. The van der Waals surface area contributed by atoms with Crippen molar-refractivity contribution in [1.29, 1.82) is 0 Å². The van der Waals surface area contributed by atoms with Crippen LogP contribution in [0.3, 0.4) is 0 Å². The fourth-order valence-corrected chi connectivity index (χ4v) is 0.622. The van der Waals surface area contributed by atoms with Gasteiger partial charge in [0, 0.05) is 6.42 Å². The Hall–Kier alpha value is -1.05. The molecule has 1 N–H and O–H groups in total. The molecule has 0 amide bonds. The highest BCUT2D eigenvalue weighted by molar-refractivity contribution is 5.66. The average molecular weight is 140 g/mol. The first-order valence-electron chi connectivity index (χ1n) is 3.17. The number of carboxylic acids is 1. The lowest BCUT2D eigenvalue weighted by Gasteiger charge is -2.01. The molecule has 0 atom stereocenters. The highest BCUT2D eigenvalue weighted by Crippen LogP contribution is 2.07. The summed E-state index contributed by atoms with van der Waals surface area (Å²) in [6.07, 6.45) is 4.19. The third-order valence-corrected chi connectivity index (χ3v) is 1.30. The maximum Gasteiger partial charge on any atom is 0.303 e. The normalized spacial score (nSPS) is 9.30. The van der Waals surface area contributed by atoms with Gasteiger partial charge in [0.2, 0.25) is 0 Å². The predicted octanol–water partition coefficient (Wildman–Crippen LogP) is 1.84. The molecule has 0 fully saturated rings. The number of carboxylic acid groups (broad SMARTS) is 1. The van der Waals surface area contributed by atoms with Gasteiger partial charge in [-0.3, -0.25) is 4.79 Å². The molecule has 0 heterocycles. The third-order valence-electron chi connectivity index (χ3n) is 1.30. The van der Waals surface area contributed by atoms with E-state index in [2.05, 4.69) is 13.2 Å². The first kappa shape index (κ1) is 8.95. The lowest BCUT2D eigenvalue weighted by Crippen LogP contribution is -1.98. The van der Waals surface area contributed by atoms with Crippen molar-refractivity contribution in [1.82, 2.24) is 0 Å². The zero-order chi connectivity index (χ0) is 7.98. The fraction of sp³-hybridized carbons (Fsp3) is 0.375. The fourth-order valence-electron chi connectivity index (χ4n) is 0.622. The van der Waals surface area contributed by atoms with Gasteiger partial charge in [0.15, 0.2) is 0 Å². The van der Waals surface area contributed by atoms with Crippen LogP contribution in [0.2, 0.25) is 0 Å². The number of rotatable bonds is 5. The first-order valence-corrected chi connectivity index (χ1v) is 3.17. The van der Waals surface area contributed by atoms with Crippen LogP contribution in [0, 0.1) is 5.92 Å². The lowest BCUT2D eigenvalue weighted by molar-refractivity contribution is -0.137. The SMILES string of the molecule is C=CC(C=C)CCC(=O)O. The molecule has 0 bridgehead atoms. The molecule has 0 unspecified atom stereocenters. The second-order valence-corrected chi connectivity index (χ2v) is 2.07. The van der Waals surface area contributed by atoms with Crippen LogP contribution in [0.4, 0.5) is 0 Å². The molecule has 0 aromatic rings. The van der Waals surface area contributed by atoms with Crippen molar-refractivity contribution >= 4 is 5.97 Å². The van der Waals surface area contributed by atoms with E-state index in [4.69, 9.17) is 5.11 Å². The molecule has 0 aliphatic rings. The minimum atomic E-state index is -0.770. The van der Waals surface area contributed by atoms with Gasteiger partial charge >= 0.3 is 5.97 Å². The molecule has 0 saturated carbocycles. The van der Waals surface area contributed by atoms with Crippen molar-refractivity contribution in [2.75, 3.05) is 0 Å². The Morgan fingerprint density at radius 2 is 2.00 bits per heavy atom. The molecule has 0 radical (unpaired) electrons. The number of aliphatic carboxylic acids is 1. The third kappa shape index (κ3) is 3.89. The largest absolute Gasteiger partial charge is 0.481 e. The summed E-state index contributed by atoms with van der Waals surface area (Å²) in [5, 5.41) is 8.28. The molecule has 0 aliphatic heterocycles. The van der Waals surface area contributed by atoms with Crippen LogP contribution < -0.4 is 0 Å². The van der Waals surface area contributed by atoms with Crippen molar-refractivity contribution in [2.45, 2.75) is 12.8 Å². The van der Waals surface area contributed by atoms with Gasteiger partial charge < -0.3 is 5.11 Å². The van der Waals surface area contributed by atoms with Crippen molar-refractivity contribution < 1.29 is 9.90 Å². The summed E-state index contributed by atoms with van der Waals surface area (Å²) in [6.45, 7) is 7.09. The summed E-state index contributed by atoms with van der Waals surface area (Å²) in [4.78, 5) is 10.1. The van der Waals surface area contributed by atoms with Crippen LogP contribution >= 0.6 is 0 Å². The van der Waals surface area contributed by atoms with E-state index in [0.717, 1.165) is 0 Å². The van der Waals surface area contributed by atoms with E-state index >= 15 is 0 Å². The minimum Gasteiger partial charge on any atom is -0.481 e. The molecule has 0 spiro atoms. The topological polar surface area (TPSA) is 37.3 Å². The minimum absolute atomic E-state index is 0.135. The number of allylic oxidation sites excluding steroid dienone is 2. The maximum absolute atomic E-state index is 10.1. The second kappa shape index (κ2) is 4.79. The van der Waals surface area contributed by atoms with Crippen molar-refractivity contribution in [3.8, 4) is 0 Å². The second-order valence-electron chi connectivity index (χ2n) is 2.07. The molecule has 56 valence electrons. The van der Waals surface area contributed by atoms with E-state index in [0.29, 0.717) is 6.42 Å². The van der Waals surface area contributed by atoms with Crippen molar-refractivity contribution in [3.63, 3.8) is 0 Å². The summed E-state index contributed by atoms with van der Waals surface area (Å²) in [5.74, 6) is -0.634. The molecule has 0 aliphatic carbocycles. The Morgan fingerprint density at radius 3 is 2.30 bits per heavy atom. The summed E-state index contributed by atoms with van der Waals surface area (Å²) in [5.41, 5.74) is 0. The molecule has 2 heteroatoms. The van der Waals surface area contributed by atoms with E-state index in [1.54, 1.807) is 12.2 Å². The smallest absolute Gasteiger partial charge is 0.303 e. The molecule has 2 nitrogen and oxygen atoms in total. The van der Waals surface area contributed by atoms with Gasteiger partial charge in [0.25, 0.3) is 0 Å². The highest BCUT2D eigenvalue weighted by atomic mass is 16.4. The molecular weight excluding hydrogens is 128 g/mol. The standard InChI is InChI=1S/C8H12O2/c1-3-7(4-2)5-6-8(9)10/h3-4,7H,1-2,5-6H2,(H,9,10). The number of hydrogen-bond donors (Lipinski definition) is 1. The molecule has 0 aromatic carbocycles. The Labute approximate surface area is 60.9 Å². The van der Waals surface area contributed by atoms with Crippen LogP contribution in [0.5, 0.6) is 0 Å². The van der Waals surface area contributed by atoms with E-state index in [1.807, 2.05) is 0 Å². The van der Waals surface area contributed by atoms with Gasteiger partial charge in [0.05, 0.1) is 0 Å². The van der Waals surface area contributed by atoms with E-state index in [9.17, 15) is 4.79 Å². The van der Waals surface area contributed by atoms with Gasteiger partial charge in [0.1, 0.15) is 0 Å². The van der Waals surface area contributed by atoms with E-state index < -0.39 is 5.97 Å². The molecule has 10 heavy (non-hydrogen) atoms. The number of carbonyl (C=O) groups is 1. The van der Waals surface area contributed by atoms with Gasteiger partial charge in [-0.15, -0.1) is 13.2 Å². The lowest BCUT2D eigenvalue weighted by atomic mass is 10.0. The van der Waals surface area contributed by atoms with Gasteiger partial charge in [-0.05, 0) is 12.3 Å². The Morgan fingerprint density at radius 1 is 1.50 bits per heavy atom. The molecule has 0 aromatic heterocycles. The van der Waals surface area contributed by atoms with E-state index in [1.165, 1.54) is 0 Å². The number of hydrogen-bond acceptors (Lipinski definition) is 1. The van der Waals surface area contributed by atoms with E-state index in [-0.39, 0.29) is 12.3 Å². The first-order chi connectivity index (χ1) is 4.70. The van der Waals surface area contributed by atoms with Crippen LogP contribution in [0.25, 0.3) is 0 Å². The highest BCUT2D eigenvalue weighted by Gasteiger charge is 2.01. The van der Waals surface area contributed by atoms with Gasteiger partial charge in [-0.25, -0.2) is 0 Å². The summed E-state index contributed by atoms with van der Waals surface area (Å²) in [7, 11) is 0. The maximum atomic E-state index is 10.1. The summed E-state index contributed by atoms with van der Waals surface area (Å²) >= 11 is 0. The monoisotopic (exact) mass is 140 g/mol. The predicted molar refractivity (Wildman–Crippen MR) is 40.8 cm³/mol. The van der Waals surface area contributed by atoms with Gasteiger partial charge in [-0.2, -0.15) is 0 Å². The molecule has 0 saturated heterocycles. The molecule has 0 rings (SSSR count). The van der Waals surface area contributed by atoms with Crippen molar-refractivity contribution in [3.05, 3.63) is 25.3 Å². The Balaban J connectivity index is 3.54. The van der Waals surface area contributed by atoms with Crippen molar-refractivity contribution in [2.24, 2.45) is 5.92 Å². The summed E-state index contributed by atoms with van der Waals surface area (Å²) in [6, 6.07) is 0. The Kier molecular flexibility index (Phi) is 4.29. The quantitative estimate of drug-likeness (QED) is 0.591. The molecular formula is C8H12O2. The van der Waals surface area contributed by atoms with Crippen LogP contribution in [-0.2, 0) is 4.79 Å². The van der Waals surface area contributed by atoms with Crippen LogP contribution in [0.1, 0.15) is 12.8 Å². The zero-order valence-electron chi connectivity index (χ0n) is 5.92. The van der Waals surface area contributed by atoms with Crippen LogP contribution in [0.15, 0.2) is 25.3 Å². The summed E-state index contributed by atoms with van der Waals surface area (Å²) < 4.78 is 0. The Bertz CT molecular complexity index is 130. The zero-order valence-corrected chi connectivity index (χ0v) is 5.92.